The number of aryl methyl sites for hydroxylation is 1. The second kappa shape index (κ2) is 12.3. The van der Waals surface area contributed by atoms with Gasteiger partial charge in [0.1, 0.15) is 0 Å². The van der Waals surface area contributed by atoms with Gasteiger partial charge in [0, 0.05) is 17.0 Å². The lowest BCUT2D eigenvalue weighted by Crippen LogP contribution is -2.46. The molecule has 222 valence electrons. The molecule has 0 aliphatic heterocycles. The Hall–Kier alpha value is -3.26. The molecule has 0 atom stereocenters. The Bertz CT molecular complexity index is 1440. The van der Waals surface area contributed by atoms with E-state index in [2.05, 4.69) is 20.7 Å². The van der Waals surface area contributed by atoms with E-state index in [0.29, 0.717) is 11.3 Å². The third kappa shape index (κ3) is 8.15. The zero-order chi connectivity index (χ0) is 30.8. The van der Waals surface area contributed by atoms with Crippen LogP contribution in [0.3, 0.4) is 0 Å². The maximum atomic E-state index is 13.3. The van der Waals surface area contributed by atoms with Gasteiger partial charge in [-0.25, -0.2) is 4.68 Å². The third-order valence-corrected chi connectivity index (χ3v) is 7.30. The molecular weight excluding hydrogens is 596 g/mol. The van der Waals surface area contributed by atoms with E-state index in [1.54, 1.807) is 18.7 Å². The van der Waals surface area contributed by atoms with Crippen molar-refractivity contribution in [3.63, 3.8) is 0 Å². The first-order valence-corrected chi connectivity index (χ1v) is 13.6. The lowest BCUT2D eigenvalue weighted by molar-refractivity contribution is -0.150. The van der Waals surface area contributed by atoms with Crippen molar-refractivity contribution in [2.24, 2.45) is 0 Å². The highest BCUT2D eigenvalue weighted by Crippen LogP contribution is 2.33. The van der Waals surface area contributed by atoms with Gasteiger partial charge in [0.25, 0.3) is 17.6 Å². The summed E-state index contributed by atoms with van der Waals surface area (Å²) in [5.41, 5.74) is 0.214. The van der Waals surface area contributed by atoms with Crippen molar-refractivity contribution < 1.29 is 35.9 Å². The molecule has 0 fully saturated rings. The Morgan fingerprint density at radius 2 is 1.71 bits per heavy atom. The Labute approximate surface area is 241 Å². The average Bonchev–Trinajstić information content (AvgIpc) is 3.29. The number of thioether (sulfide) groups is 1. The molecular formula is C26H26ClF6N5O2S. The third-order valence-electron chi connectivity index (χ3n) is 5.65. The molecule has 3 rings (SSSR count). The molecule has 0 bridgehead atoms. The van der Waals surface area contributed by atoms with Gasteiger partial charge in [-0.1, -0.05) is 36.7 Å². The molecule has 41 heavy (non-hydrogen) atoms. The second-order valence-electron chi connectivity index (χ2n) is 9.65. The molecule has 0 aliphatic carbocycles. The summed E-state index contributed by atoms with van der Waals surface area (Å²) >= 11 is 7.93. The van der Waals surface area contributed by atoms with Crippen LogP contribution in [-0.2, 0) is 18.9 Å². The van der Waals surface area contributed by atoms with Crippen molar-refractivity contribution in [1.82, 2.24) is 20.1 Å². The molecule has 1 heterocycles. The largest absolute Gasteiger partial charge is 0.453 e. The fourth-order valence-electron chi connectivity index (χ4n) is 3.82. The van der Waals surface area contributed by atoms with Gasteiger partial charge in [-0.15, -0.1) is 5.10 Å². The van der Waals surface area contributed by atoms with Crippen LogP contribution in [0.5, 0.6) is 0 Å². The summed E-state index contributed by atoms with van der Waals surface area (Å²) in [4.78, 5) is 28.9. The minimum atomic E-state index is -5.16. The van der Waals surface area contributed by atoms with Gasteiger partial charge < -0.3 is 10.6 Å². The number of hydrogen-bond acceptors (Lipinski definition) is 5. The van der Waals surface area contributed by atoms with Crippen LogP contribution in [0.4, 0.5) is 32.0 Å². The van der Waals surface area contributed by atoms with Crippen LogP contribution < -0.4 is 10.6 Å². The van der Waals surface area contributed by atoms with Crippen LogP contribution in [0, 0.1) is 6.92 Å². The minimum absolute atomic E-state index is 0.00506. The molecule has 0 aliphatic rings. The van der Waals surface area contributed by atoms with Crippen LogP contribution >= 0.6 is 23.4 Å². The number of rotatable bonds is 9. The van der Waals surface area contributed by atoms with Crippen LogP contribution in [0.2, 0.25) is 5.02 Å². The van der Waals surface area contributed by atoms with Gasteiger partial charge in [-0.2, -0.15) is 43.1 Å². The summed E-state index contributed by atoms with van der Waals surface area (Å²) in [5.74, 6) is -3.42. The van der Waals surface area contributed by atoms with Gasteiger partial charge >= 0.3 is 12.4 Å². The highest BCUT2D eigenvalue weighted by Gasteiger charge is 2.44. The number of hydrogen-bond donors (Lipinski definition) is 2. The van der Waals surface area contributed by atoms with E-state index in [9.17, 15) is 35.9 Å². The van der Waals surface area contributed by atoms with E-state index >= 15 is 0 Å². The van der Waals surface area contributed by atoms with Crippen molar-refractivity contribution in [3.8, 4) is 0 Å². The van der Waals surface area contributed by atoms with Crippen LogP contribution in [0.15, 0.2) is 36.4 Å². The summed E-state index contributed by atoms with van der Waals surface area (Å²) in [6.45, 7) is 6.57. The van der Waals surface area contributed by atoms with E-state index in [1.165, 1.54) is 36.4 Å². The van der Waals surface area contributed by atoms with Gasteiger partial charge in [0.2, 0.25) is 5.82 Å². The standard InChI is InChI=1S/C26H26ClF6N5O2S/c1-5-41-13-24(3,4)36-21(40)19-16(7-6-8-17(19)27)20(39)34-18-10-9-15(11-14(18)2)12-38-23(26(31,32)33)35-22(37-38)25(28,29)30/h6-11H,5,12-13H2,1-4H3,(H,34,39)(H,36,40). The predicted molar refractivity (Wildman–Crippen MR) is 144 cm³/mol. The SMILES string of the molecule is CCSCC(C)(C)NC(=O)c1c(Cl)cccc1C(=O)Nc1ccc(Cn2nc(C(F)(F)F)nc2C(F)(F)F)cc1C. The summed E-state index contributed by atoms with van der Waals surface area (Å²) in [6.07, 6.45) is -10.3. The molecule has 2 aromatic carbocycles. The minimum Gasteiger partial charge on any atom is -0.346 e. The Morgan fingerprint density at radius 1 is 1.02 bits per heavy atom. The normalized spacial score (nSPS) is 12.4. The van der Waals surface area contributed by atoms with Crippen molar-refractivity contribution in [2.75, 3.05) is 16.8 Å². The smallest absolute Gasteiger partial charge is 0.346 e. The van der Waals surface area contributed by atoms with Crippen LogP contribution in [0.25, 0.3) is 0 Å². The molecule has 0 radical (unpaired) electrons. The number of benzene rings is 2. The van der Waals surface area contributed by atoms with Crippen LogP contribution in [-0.4, -0.2) is 43.6 Å². The lowest BCUT2D eigenvalue weighted by Gasteiger charge is -2.26. The topological polar surface area (TPSA) is 88.9 Å². The molecule has 0 unspecified atom stereocenters. The number of alkyl halides is 6. The number of aromatic nitrogens is 3. The average molecular weight is 622 g/mol. The van der Waals surface area contributed by atoms with Crippen molar-refractivity contribution in [1.29, 1.82) is 0 Å². The monoisotopic (exact) mass is 621 g/mol. The van der Waals surface area contributed by atoms with E-state index < -0.39 is 47.9 Å². The molecule has 0 spiro atoms. The Morgan fingerprint density at radius 3 is 2.29 bits per heavy atom. The molecule has 0 saturated carbocycles. The molecule has 15 heteroatoms. The fourth-order valence-corrected chi connectivity index (χ4v) is 4.86. The quantitative estimate of drug-likeness (QED) is 0.256. The lowest BCUT2D eigenvalue weighted by atomic mass is 10.0. The van der Waals surface area contributed by atoms with E-state index in [-0.39, 0.29) is 32.1 Å². The van der Waals surface area contributed by atoms with Crippen LogP contribution in [0.1, 0.15) is 64.3 Å². The van der Waals surface area contributed by atoms with Crippen molar-refractivity contribution >= 4 is 40.9 Å². The van der Waals surface area contributed by atoms with Gasteiger partial charge in [0.15, 0.2) is 0 Å². The Kier molecular flexibility index (Phi) is 9.69. The number of halogens is 7. The van der Waals surface area contributed by atoms with Gasteiger partial charge in [0.05, 0.1) is 22.7 Å². The Balaban J connectivity index is 1.84. The maximum absolute atomic E-state index is 13.3. The summed E-state index contributed by atoms with van der Waals surface area (Å²) in [7, 11) is 0. The summed E-state index contributed by atoms with van der Waals surface area (Å²) in [5, 5.41) is 8.60. The zero-order valence-corrected chi connectivity index (χ0v) is 23.9. The number of nitrogens with zero attached hydrogens (tertiary/aromatic N) is 3. The van der Waals surface area contributed by atoms with E-state index in [1.807, 2.05) is 20.8 Å². The van der Waals surface area contributed by atoms with Crippen molar-refractivity contribution in [3.05, 3.63) is 75.3 Å². The first-order valence-electron chi connectivity index (χ1n) is 12.1. The molecule has 1 aromatic heterocycles. The predicted octanol–water partition coefficient (Wildman–Crippen LogP) is 6.84. The molecule has 3 aromatic rings. The number of amides is 2. The van der Waals surface area contributed by atoms with Gasteiger partial charge in [-0.3, -0.25) is 9.59 Å². The van der Waals surface area contributed by atoms with E-state index in [4.69, 9.17) is 11.6 Å². The summed E-state index contributed by atoms with van der Waals surface area (Å²) < 4.78 is 78.8. The highest BCUT2D eigenvalue weighted by molar-refractivity contribution is 7.99. The van der Waals surface area contributed by atoms with E-state index in [0.717, 1.165) is 5.75 Å². The number of anilines is 1. The first-order chi connectivity index (χ1) is 18.9. The number of carbonyl (C=O) groups excluding carboxylic acids is 2. The number of carbonyl (C=O) groups is 2. The molecule has 2 N–H and O–H groups in total. The molecule has 0 saturated heterocycles. The first kappa shape index (κ1) is 32.3. The number of nitrogens with one attached hydrogen (secondary N) is 2. The molecule has 2 amide bonds. The molecule has 7 nitrogen and oxygen atoms in total. The van der Waals surface area contributed by atoms with Gasteiger partial charge in [-0.05, 0) is 55.9 Å². The highest BCUT2D eigenvalue weighted by atomic mass is 35.5. The summed E-state index contributed by atoms with van der Waals surface area (Å²) in [6, 6.07) is 8.52. The fraction of sp³-hybridized carbons (Fsp3) is 0.385. The maximum Gasteiger partial charge on any atom is 0.453 e. The zero-order valence-electron chi connectivity index (χ0n) is 22.3. The second-order valence-corrected chi connectivity index (χ2v) is 11.3. The van der Waals surface area contributed by atoms with Crippen molar-refractivity contribution in [2.45, 2.75) is 52.1 Å².